The molecule has 0 radical (unpaired) electrons. The Hall–Kier alpha value is -2.08. The van der Waals surface area contributed by atoms with Crippen molar-refractivity contribution in [1.29, 1.82) is 0 Å². The summed E-state index contributed by atoms with van der Waals surface area (Å²) in [6.07, 6.45) is 1.74. The van der Waals surface area contributed by atoms with Crippen LogP contribution in [0.1, 0.15) is 6.92 Å². The van der Waals surface area contributed by atoms with Crippen molar-refractivity contribution in [2.24, 2.45) is 0 Å². The Morgan fingerprint density at radius 2 is 2.15 bits per heavy atom. The van der Waals surface area contributed by atoms with Gasteiger partial charge in [-0.3, -0.25) is 9.36 Å². The van der Waals surface area contributed by atoms with E-state index in [0.717, 1.165) is 5.56 Å². The Kier molecular flexibility index (Phi) is 4.57. The molecule has 5 nitrogen and oxygen atoms in total. The van der Waals surface area contributed by atoms with E-state index in [9.17, 15) is 4.79 Å². The number of benzene rings is 1. The summed E-state index contributed by atoms with van der Waals surface area (Å²) in [5, 5.41) is 17.3. The summed E-state index contributed by atoms with van der Waals surface area (Å²) in [7, 11) is 0. The highest BCUT2D eigenvalue weighted by molar-refractivity contribution is 8.00. The summed E-state index contributed by atoms with van der Waals surface area (Å²) in [5.41, 5.74) is 0.941. The van der Waals surface area contributed by atoms with Crippen LogP contribution < -0.4 is 0 Å². The molecule has 0 aliphatic heterocycles. The molecular weight excluding hydrogens is 274 g/mol. The first-order valence-corrected chi connectivity index (χ1v) is 7.00. The van der Waals surface area contributed by atoms with Crippen LogP contribution in [0, 0.1) is 0 Å². The van der Waals surface area contributed by atoms with E-state index in [2.05, 4.69) is 16.8 Å². The number of nitrogens with zero attached hydrogens (tertiary/aromatic N) is 3. The van der Waals surface area contributed by atoms with Crippen molar-refractivity contribution in [2.75, 3.05) is 0 Å². The van der Waals surface area contributed by atoms with Gasteiger partial charge < -0.3 is 5.11 Å². The number of carboxylic acid groups (broad SMARTS) is 1. The van der Waals surface area contributed by atoms with Crippen LogP contribution >= 0.6 is 11.8 Å². The van der Waals surface area contributed by atoms with Gasteiger partial charge in [0.25, 0.3) is 0 Å². The van der Waals surface area contributed by atoms with Crippen LogP contribution in [-0.4, -0.2) is 31.1 Å². The SMILES string of the molecule is C=CCn1c(S[C@@H](C)C(=O)O)nnc1-c1ccccc1. The highest BCUT2D eigenvalue weighted by Crippen LogP contribution is 2.26. The van der Waals surface area contributed by atoms with Crippen LogP contribution in [0.5, 0.6) is 0 Å². The molecule has 20 heavy (non-hydrogen) atoms. The molecule has 104 valence electrons. The number of thioether (sulfide) groups is 1. The van der Waals surface area contributed by atoms with Crippen LogP contribution in [0.25, 0.3) is 11.4 Å². The van der Waals surface area contributed by atoms with Gasteiger partial charge in [0.15, 0.2) is 11.0 Å². The molecule has 1 aromatic carbocycles. The van der Waals surface area contributed by atoms with Crippen molar-refractivity contribution < 1.29 is 9.90 Å². The molecule has 0 fully saturated rings. The Morgan fingerprint density at radius 3 is 2.75 bits per heavy atom. The largest absolute Gasteiger partial charge is 0.480 e. The van der Waals surface area contributed by atoms with Gasteiger partial charge in [-0.25, -0.2) is 0 Å². The van der Waals surface area contributed by atoms with Crippen molar-refractivity contribution in [2.45, 2.75) is 23.9 Å². The van der Waals surface area contributed by atoms with E-state index in [-0.39, 0.29) is 0 Å². The molecule has 1 aromatic heterocycles. The van der Waals surface area contributed by atoms with Gasteiger partial charge >= 0.3 is 5.97 Å². The van der Waals surface area contributed by atoms with Crippen LogP contribution in [0.15, 0.2) is 48.1 Å². The van der Waals surface area contributed by atoms with E-state index < -0.39 is 11.2 Å². The van der Waals surface area contributed by atoms with Crippen molar-refractivity contribution in [3.63, 3.8) is 0 Å². The minimum absolute atomic E-state index is 0.534. The summed E-state index contributed by atoms with van der Waals surface area (Å²) in [6, 6.07) is 9.67. The number of carbonyl (C=O) groups is 1. The number of aromatic nitrogens is 3. The molecule has 0 amide bonds. The Bertz CT molecular complexity index is 610. The zero-order valence-electron chi connectivity index (χ0n) is 11.1. The lowest BCUT2D eigenvalue weighted by molar-refractivity contribution is -0.136. The van der Waals surface area contributed by atoms with Gasteiger partial charge in [0.2, 0.25) is 0 Å². The van der Waals surface area contributed by atoms with Gasteiger partial charge in [-0.1, -0.05) is 48.2 Å². The zero-order chi connectivity index (χ0) is 14.5. The van der Waals surface area contributed by atoms with E-state index in [1.54, 1.807) is 13.0 Å². The molecule has 0 saturated heterocycles. The third-order valence-corrected chi connectivity index (χ3v) is 3.76. The normalized spacial score (nSPS) is 12.1. The summed E-state index contributed by atoms with van der Waals surface area (Å²) in [6.45, 7) is 5.88. The average molecular weight is 289 g/mol. The van der Waals surface area contributed by atoms with Gasteiger partial charge in [-0.2, -0.15) is 0 Å². The molecular formula is C14H15N3O2S. The van der Waals surface area contributed by atoms with Crippen LogP contribution in [0.4, 0.5) is 0 Å². The Balaban J connectivity index is 2.37. The topological polar surface area (TPSA) is 68.0 Å². The third kappa shape index (κ3) is 3.08. The average Bonchev–Trinajstić information content (AvgIpc) is 2.83. The Morgan fingerprint density at radius 1 is 1.45 bits per heavy atom. The molecule has 0 aliphatic rings. The molecule has 0 unspecified atom stereocenters. The number of allylic oxidation sites excluding steroid dienone is 1. The maximum atomic E-state index is 11.0. The van der Waals surface area contributed by atoms with Crippen molar-refractivity contribution >= 4 is 17.7 Å². The van der Waals surface area contributed by atoms with Gasteiger partial charge in [0.05, 0.1) is 0 Å². The van der Waals surface area contributed by atoms with Gasteiger partial charge in [0, 0.05) is 12.1 Å². The van der Waals surface area contributed by atoms with Crippen LogP contribution in [0.3, 0.4) is 0 Å². The van der Waals surface area contributed by atoms with Crippen molar-refractivity contribution in [3.8, 4) is 11.4 Å². The van der Waals surface area contributed by atoms with Gasteiger partial charge in [-0.15, -0.1) is 16.8 Å². The summed E-state index contributed by atoms with van der Waals surface area (Å²) >= 11 is 1.18. The second kappa shape index (κ2) is 6.38. The number of aliphatic carboxylic acids is 1. The van der Waals surface area contributed by atoms with Crippen LogP contribution in [0.2, 0.25) is 0 Å². The molecule has 0 aliphatic carbocycles. The van der Waals surface area contributed by atoms with E-state index in [1.165, 1.54) is 11.8 Å². The highest BCUT2D eigenvalue weighted by Gasteiger charge is 2.19. The lowest BCUT2D eigenvalue weighted by Gasteiger charge is -2.09. The van der Waals surface area contributed by atoms with E-state index >= 15 is 0 Å². The molecule has 6 heteroatoms. The van der Waals surface area contributed by atoms with E-state index in [0.29, 0.717) is 17.5 Å². The predicted molar refractivity (Wildman–Crippen MR) is 78.6 cm³/mol. The summed E-state index contributed by atoms with van der Waals surface area (Å²) < 4.78 is 1.87. The first kappa shape index (κ1) is 14.3. The molecule has 0 saturated carbocycles. The summed E-state index contributed by atoms with van der Waals surface area (Å²) in [5.74, 6) is -0.157. The standard InChI is InChI=1S/C14H15N3O2S/c1-3-9-17-12(11-7-5-4-6-8-11)15-16-14(17)20-10(2)13(18)19/h3-8,10H,1,9H2,2H3,(H,18,19)/t10-/m0/s1. The maximum Gasteiger partial charge on any atom is 0.316 e. The Labute approximate surface area is 121 Å². The zero-order valence-corrected chi connectivity index (χ0v) is 11.9. The van der Waals surface area contributed by atoms with Crippen molar-refractivity contribution in [1.82, 2.24) is 14.8 Å². The van der Waals surface area contributed by atoms with E-state index in [4.69, 9.17) is 5.11 Å². The third-order valence-electron chi connectivity index (χ3n) is 2.69. The molecule has 0 bridgehead atoms. The molecule has 1 atom stereocenters. The molecule has 1 heterocycles. The fraction of sp³-hybridized carbons (Fsp3) is 0.214. The molecule has 1 N–H and O–H groups in total. The first-order chi connectivity index (χ1) is 9.63. The highest BCUT2D eigenvalue weighted by atomic mass is 32.2. The second-order valence-corrected chi connectivity index (χ2v) is 5.48. The lowest BCUT2D eigenvalue weighted by atomic mass is 10.2. The molecule has 0 spiro atoms. The quantitative estimate of drug-likeness (QED) is 0.654. The van der Waals surface area contributed by atoms with Crippen molar-refractivity contribution in [3.05, 3.63) is 43.0 Å². The van der Waals surface area contributed by atoms with Crippen LogP contribution in [-0.2, 0) is 11.3 Å². The smallest absolute Gasteiger partial charge is 0.316 e. The number of hydrogen-bond donors (Lipinski definition) is 1. The van der Waals surface area contributed by atoms with E-state index in [1.807, 2.05) is 34.9 Å². The predicted octanol–water partition coefficient (Wildman–Crippen LogP) is 2.70. The first-order valence-electron chi connectivity index (χ1n) is 6.12. The fourth-order valence-electron chi connectivity index (χ4n) is 1.68. The maximum absolute atomic E-state index is 11.0. The van der Waals surface area contributed by atoms with Gasteiger partial charge in [-0.05, 0) is 6.92 Å². The molecule has 2 rings (SSSR count). The second-order valence-electron chi connectivity index (χ2n) is 4.17. The lowest BCUT2D eigenvalue weighted by Crippen LogP contribution is -2.13. The monoisotopic (exact) mass is 289 g/mol. The minimum Gasteiger partial charge on any atom is -0.480 e. The number of rotatable bonds is 6. The fourth-order valence-corrected chi connectivity index (χ4v) is 2.47. The van der Waals surface area contributed by atoms with Gasteiger partial charge in [0.1, 0.15) is 5.25 Å². The number of carboxylic acids is 1. The summed E-state index contributed by atoms with van der Waals surface area (Å²) in [4.78, 5) is 11.0. The minimum atomic E-state index is -0.871. The number of hydrogen-bond acceptors (Lipinski definition) is 4. The molecule has 2 aromatic rings.